The van der Waals surface area contributed by atoms with Gasteiger partial charge in [0.2, 0.25) is 0 Å². The van der Waals surface area contributed by atoms with E-state index in [1.54, 1.807) is 11.8 Å². The average Bonchev–Trinajstić information content (AvgIpc) is 2.93. The molecule has 3 nitrogen and oxygen atoms in total. The van der Waals surface area contributed by atoms with Crippen LogP contribution >= 0.6 is 23.1 Å². The maximum absolute atomic E-state index is 13.1. The Balaban J connectivity index is 1.53. The van der Waals surface area contributed by atoms with Crippen molar-refractivity contribution in [2.75, 3.05) is 11.9 Å². The molecule has 5 heteroatoms. The van der Waals surface area contributed by atoms with E-state index in [0.29, 0.717) is 5.41 Å². The number of fused-ring (bicyclic) bond motifs is 4. The standard InChI is InChI=1S/C18H22N2OS2/c21-16-14-12-11-18(6-2-1-3-7-18)8-5-13(12)23-15(14)19-17-20(16)9-4-10-22-17/h4,10,17,19H,1-3,5-9,11H2. The Kier molecular flexibility index (Phi) is 3.31. The minimum absolute atomic E-state index is 0.0868. The molecule has 5 rings (SSSR count). The number of thiophene rings is 1. The second-order valence-corrected chi connectivity index (χ2v) is 9.50. The third-order valence-corrected chi connectivity index (χ3v) is 8.26. The van der Waals surface area contributed by atoms with Crippen molar-refractivity contribution in [3.05, 3.63) is 27.5 Å². The molecule has 0 saturated heterocycles. The van der Waals surface area contributed by atoms with Gasteiger partial charge in [0.05, 0.1) is 5.56 Å². The Bertz CT molecular complexity index is 687. The van der Waals surface area contributed by atoms with Crippen LogP contribution in [0.5, 0.6) is 0 Å². The summed E-state index contributed by atoms with van der Waals surface area (Å²) in [6.07, 6.45) is 12.6. The number of nitrogens with zero attached hydrogens (tertiary/aromatic N) is 1. The Hall–Kier alpha value is -0.940. The van der Waals surface area contributed by atoms with Crippen LogP contribution in [0, 0.1) is 5.41 Å². The summed E-state index contributed by atoms with van der Waals surface area (Å²) in [5.74, 6) is 0.256. The third-order valence-electron chi connectivity index (χ3n) is 6.06. The van der Waals surface area contributed by atoms with Crippen LogP contribution in [-0.2, 0) is 12.8 Å². The molecule has 122 valence electrons. The highest BCUT2D eigenvalue weighted by molar-refractivity contribution is 8.02. The van der Waals surface area contributed by atoms with E-state index >= 15 is 0 Å². The Morgan fingerprint density at radius 1 is 1.22 bits per heavy atom. The normalized spacial score (nSPS) is 28.1. The second-order valence-electron chi connectivity index (χ2n) is 7.41. The smallest absolute Gasteiger partial charge is 0.259 e. The summed E-state index contributed by atoms with van der Waals surface area (Å²) >= 11 is 3.55. The van der Waals surface area contributed by atoms with E-state index in [4.69, 9.17) is 0 Å². The number of thioether (sulfide) groups is 1. The largest absolute Gasteiger partial charge is 0.347 e. The lowest BCUT2D eigenvalue weighted by Gasteiger charge is -2.41. The molecule has 1 atom stereocenters. The van der Waals surface area contributed by atoms with Crippen LogP contribution in [0.1, 0.15) is 59.3 Å². The average molecular weight is 347 g/mol. The Morgan fingerprint density at radius 2 is 2.09 bits per heavy atom. The number of carbonyl (C=O) groups is 1. The van der Waals surface area contributed by atoms with Crippen LogP contribution in [0.15, 0.2) is 11.5 Å². The molecule has 2 aliphatic carbocycles. The molecule has 1 amide bonds. The molecule has 4 aliphatic rings. The molecule has 0 aromatic carbocycles. The van der Waals surface area contributed by atoms with E-state index in [1.165, 1.54) is 55.4 Å². The fourth-order valence-electron chi connectivity index (χ4n) is 4.81. The summed E-state index contributed by atoms with van der Waals surface area (Å²) < 4.78 is 0. The topological polar surface area (TPSA) is 32.3 Å². The molecule has 1 unspecified atom stereocenters. The van der Waals surface area contributed by atoms with Crippen molar-refractivity contribution in [1.29, 1.82) is 0 Å². The fraction of sp³-hybridized carbons (Fsp3) is 0.611. The Labute approximate surface area is 145 Å². The predicted molar refractivity (Wildman–Crippen MR) is 97.0 cm³/mol. The van der Waals surface area contributed by atoms with Crippen molar-refractivity contribution in [2.24, 2.45) is 5.41 Å². The minimum atomic E-state index is 0.0868. The number of rotatable bonds is 0. The van der Waals surface area contributed by atoms with Crippen LogP contribution < -0.4 is 5.32 Å². The van der Waals surface area contributed by atoms with Crippen LogP contribution in [-0.4, -0.2) is 22.8 Å². The van der Waals surface area contributed by atoms with Gasteiger partial charge in [-0.2, -0.15) is 0 Å². The van der Waals surface area contributed by atoms with E-state index < -0.39 is 0 Å². The minimum Gasteiger partial charge on any atom is -0.347 e. The highest BCUT2D eigenvalue weighted by Crippen LogP contribution is 2.51. The molecule has 1 N–H and O–H groups in total. The number of amides is 1. The van der Waals surface area contributed by atoms with E-state index in [2.05, 4.69) is 16.8 Å². The summed E-state index contributed by atoms with van der Waals surface area (Å²) in [4.78, 5) is 16.6. The second kappa shape index (κ2) is 5.28. The number of nitrogens with one attached hydrogen (secondary N) is 1. The van der Waals surface area contributed by atoms with Crippen LogP contribution in [0.4, 0.5) is 5.00 Å². The molecule has 0 bridgehead atoms. The zero-order valence-electron chi connectivity index (χ0n) is 13.3. The number of hydrogen-bond acceptors (Lipinski definition) is 4. The van der Waals surface area contributed by atoms with Crippen molar-refractivity contribution in [3.63, 3.8) is 0 Å². The molecule has 1 spiro atoms. The first-order valence-electron chi connectivity index (χ1n) is 8.78. The van der Waals surface area contributed by atoms with Crippen molar-refractivity contribution in [2.45, 2.75) is 56.9 Å². The van der Waals surface area contributed by atoms with E-state index in [9.17, 15) is 4.79 Å². The molecule has 1 saturated carbocycles. The van der Waals surface area contributed by atoms with E-state index in [1.807, 2.05) is 16.2 Å². The van der Waals surface area contributed by atoms with Crippen molar-refractivity contribution in [3.8, 4) is 0 Å². The van der Waals surface area contributed by atoms with Gasteiger partial charge in [-0.15, -0.1) is 11.3 Å². The van der Waals surface area contributed by atoms with Crippen molar-refractivity contribution >= 4 is 34.0 Å². The van der Waals surface area contributed by atoms with Gasteiger partial charge in [-0.05, 0) is 48.5 Å². The van der Waals surface area contributed by atoms with Gasteiger partial charge >= 0.3 is 0 Å². The van der Waals surface area contributed by atoms with Gasteiger partial charge in [0.15, 0.2) is 5.50 Å². The first-order valence-corrected chi connectivity index (χ1v) is 10.5. The molecule has 23 heavy (non-hydrogen) atoms. The molecular formula is C18H22N2OS2. The summed E-state index contributed by atoms with van der Waals surface area (Å²) in [5.41, 5.74) is 2.99. The molecule has 1 aromatic heterocycles. The zero-order valence-corrected chi connectivity index (χ0v) is 14.9. The zero-order chi connectivity index (χ0) is 15.4. The number of carbonyl (C=O) groups excluding carboxylic acids is 1. The molecule has 1 aromatic rings. The first-order chi connectivity index (χ1) is 11.3. The third kappa shape index (κ3) is 2.19. The molecule has 1 fully saturated rings. The summed E-state index contributed by atoms with van der Waals surface area (Å²) in [5, 5.41) is 6.86. The summed E-state index contributed by atoms with van der Waals surface area (Å²) in [6, 6.07) is 0. The number of aryl methyl sites for hydroxylation is 1. The van der Waals surface area contributed by atoms with Gasteiger partial charge in [0, 0.05) is 11.4 Å². The van der Waals surface area contributed by atoms with Gasteiger partial charge in [-0.1, -0.05) is 37.1 Å². The SMILES string of the molecule is O=C1c2c(sc3c2CC2(CCCCC2)CC3)NC2SC=CCN12. The number of anilines is 1. The van der Waals surface area contributed by atoms with Crippen molar-refractivity contribution in [1.82, 2.24) is 4.90 Å². The van der Waals surface area contributed by atoms with Gasteiger partial charge in [0.25, 0.3) is 5.91 Å². The maximum atomic E-state index is 13.1. The monoisotopic (exact) mass is 346 g/mol. The van der Waals surface area contributed by atoms with Crippen LogP contribution in [0.3, 0.4) is 0 Å². The van der Waals surface area contributed by atoms with Gasteiger partial charge < -0.3 is 10.2 Å². The summed E-state index contributed by atoms with van der Waals surface area (Å²) in [7, 11) is 0. The van der Waals surface area contributed by atoms with Crippen LogP contribution in [0.25, 0.3) is 0 Å². The van der Waals surface area contributed by atoms with E-state index in [-0.39, 0.29) is 11.4 Å². The molecule has 2 aliphatic heterocycles. The van der Waals surface area contributed by atoms with Gasteiger partial charge in [0.1, 0.15) is 5.00 Å². The lowest BCUT2D eigenvalue weighted by atomic mass is 9.65. The van der Waals surface area contributed by atoms with Gasteiger partial charge in [-0.3, -0.25) is 4.79 Å². The highest BCUT2D eigenvalue weighted by Gasteiger charge is 2.42. The lowest BCUT2D eigenvalue weighted by Crippen LogP contribution is -2.47. The molecular weight excluding hydrogens is 324 g/mol. The highest BCUT2D eigenvalue weighted by atomic mass is 32.2. The first kappa shape index (κ1) is 14.4. The summed E-state index contributed by atoms with van der Waals surface area (Å²) in [6.45, 7) is 0.735. The Morgan fingerprint density at radius 3 is 2.96 bits per heavy atom. The quantitative estimate of drug-likeness (QED) is 0.745. The van der Waals surface area contributed by atoms with E-state index in [0.717, 1.165) is 23.5 Å². The maximum Gasteiger partial charge on any atom is 0.259 e. The van der Waals surface area contributed by atoms with Crippen LogP contribution in [0.2, 0.25) is 0 Å². The predicted octanol–water partition coefficient (Wildman–Crippen LogP) is 4.60. The fourth-order valence-corrected chi connectivity index (χ4v) is 6.98. The molecule has 3 heterocycles. The number of hydrogen-bond donors (Lipinski definition) is 1. The van der Waals surface area contributed by atoms with Crippen molar-refractivity contribution < 1.29 is 4.79 Å². The lowest BCUT2D eigenvalue weighted by molar-refractivity contribution is 0.0755. The van der Waals surface area contributed by atoms with Gasteiger partial charge in [-0.25, -0.2) is 0 Å². The molecule has 0 radical (unpaired) electrons.